The molecule has 2 nitrogen and oxygen atoms in total. The van der Waals surface area contributed by atoms with Crippen molar-refractivity contribution in [1.82, 2.24) is 5.32 Å². The molecule has 0 saturated heterocycles. The fourth-order valence-corrected chi connectivity index (χ4v) is 4.20. The van der Waals surface area contributed by atoms with Crippen LogP contribution in [0.4, 0.5) is 0 Å². The van der Waals surface area contributed by atoms with Crippen LogP contribution >= 0.6 is 0 Å². The van der Waals surface area contributed by atoms with E-state index in [1.807, 2.05) is 0 Å². The Hall–Kier alpha value is -0.0800. The van der Waals surface area contributed by atoms with Crippen molar-refractivity contribution in [2.75, 3.05) is 6.61 Å². The highest BCUT2D eigenvalue weighted by Crippen LogP contribution is 2.50. The highest BCUT2D eigenvalue weighted by molar-refractivity contribution is 5.03. The van der Waals surface area contributed by atoms with E-state index in [9.17, 15) is 5.11 Å². The van der Waals surface area contributed by atoms with Crippen LogP contribution in [-0.4, -0.2) is 23.3 Å². The van der Waals surface area contributed by atoms with Crippen molar-refractivity contribution in [3.05, 3.63) is 0 Å². The van der Waals surface area contributed by atoms with Crippen molar-refractivity contribution in [3.8, 4) is 0 Å². The van der Waals surface area contributed by atoms with E-state index in [-0.39, 0.29) is 12.1 Å². The maximum Gasteiger partial charge on any atom is 0.0613 e. The molecule has 0 aromatic heterocycles. The lowest BCUT2D eigenvalue weighted by molar-refractivity contribution is -0.00833. The van der Waals surface area contributed by atoms with Crippen molar-refractivity contribution in [2.45, 2.75) is 78.8 Å². The van der Waals surface area contributed by atoms with E-state index in [0.717, 1.165) is 19.3 Å². The van der Waals surface area contributed by atoms with Gasteiger partial charge in [-0.1, -0.05) is 34.6 Å². The van der Waals surface area contributed by atoms with Crippen LogP contribution in [0, 0.1) is 10.8 Å². The Labute approximate surface area is 107 Å². The van der Waals surface area contributed by atoms with E-state index in [4.69, 9.17) is 0 Å². The van der Waals surface area contributed by atoms with Crippen molar-refractivity contribution in [3.63, 3.8) is 0 Å². The van der Waals surface area contributed by atoms with Crippen LogP contribution in [-0.2, 0) is 0 Å². The Kier molecular flexibility index (Phi) is 4.31. The molecule has 0 radical (unpaired) electrons. The van der Waals surface area contributed by atoms with Crippen molar-refractivity contribution < 1.29 is 5.11 Å². The molecule has 1 rings (SSSR count). The quantitative estimate of drug-likeness (QED) is 0.791. The van der Waals surface area contributed by atoms with E-state index in [1.54, 1.807) is 0 Å². The van der Waals surface area contributed by atoms with Crippen LogP contribution in [0.15, 0.2) is 0 Å². The minimum Gasteiger partial charge on any atom is -0.394 e. The summed E-state index contributed by atoms with van der Waals surface area (Å²) in [6.45, 7) is 14.0. The summed E-state index contributed by atoms with van der Waals surface area (Å²) < 4.78 is 0. The van der Waals surface area contributed by atoms with E-state index in [2.05, 4.69) is 46.9 Å². The zero-order valence-electron chi connectivity index (χ0n) is 12.6. The first-order chi connectivity index (χ1) is 7.64. The van der Waals surface area contributed by atoms with Gasteiger partial charge in [0, 0.05) is 11.6 Å². The van der Waals surface area contributed by atoms with Crippen LogP contribution in [0.25, 0.3) is 0 Å². The summed E-state index contributed by atoms with van der Waals surface area (Å²) in [5.41, 5.74) is 0.538. The maximum absolute atomic E-state index is 9.89. The summed E-state index contributed by atoms with van der Waals surface area (Å²) in [7, 11) is 0. The number of nitrogens with one attached hydrogen (secondary N) is 1. The van der Waals surface area contributed by atoms with Gasteiger partial charge in [0.25, 0.3) is 0 Å². The number of aliphatic hydroxyl groups excluding tert-OH is 1. The van der Waals surface area contributed by atoms with Crippen LogP contribution < -0.4 is 5.32 Å². The molecule has 0 aromatic carbocycles. The lowest BCUT2D eigenvalue weighted by atomic mass is 9.58. The fourth-order valence-electron chi connectivity index (χ4n) is 4.20. The molecule has 1 aliphatic carbocycles. The first kappa shape index (κ1) is 15.0. The smallest absolute Gasteiger partial charge is 0.0613 e. The first-order valence-corrected chi connectivity index (χ1v) is 7.02. The molecule has 0 amide bonds. The average molecular weight is 241 g/mol. The Morgan fingerprint density at radius 1 is 1.06 bits per heavy atom. The molecule has 0 heterocycles. The van der Waals surface area contributed by atoms with Crippen LogP contribution in [0.3, 0.4) is 0 Å². The molecular formula is C15H31NO. The van der Waals surface area contributed by atoms with E-state index >= 15 is 0 Å². The third kappa shape index (κ3) is 3.96. The molecule has 1 atom stereocenters. The minimum atomic E-state index is -0.0827. The normalized spacial score (nSPS) is 27.7. The van der Waals surface area contributed by atoms with Crippen LogP contribution in [0.5, 0.6) is 0 Å². The fraction of sp³-hybridized carbons (Fsp3) is 1.00. The second-order valence-electron chi connectivity index (χ2n) is 7.75. The molecule has 0 bridgehead atoms. The third-order valence-electron chi connectivity index (χ3n) is 4.06. The predicted molar refractivity (Wildman–Crippen MR) is 74.1 cm³/mol. The monoisotopic (exact) mass is 241 g/mol. The molecular weight excluding hydrogens is 210 g/mol. The summed E-state index contributed by atoms with van der Waals surface area (Å²) >= 11 is 0. The Morgan fingerprint density at radius 2 is 1.53 bits per heavy atom. The highest BCUT2D eigenvalue weighted by atomic mass is 16.3. The molecule has 1 aliphatic rings. The number of aliphatic hydroxyl groups is 1. The van der Waals surface area contributed by atoms with Gasteiger partial charge in [-0.05, 0) is 43.4 Å². The Morgan fingerprint density at radius 3 is 1.88 bits per heavy atom. The molecule has 0 aliphatic heterocycles. The first-order valence-electron chi connectivity index (χ1n) is 7.02. The van der Waals surface area contributed by atoms with Crippen LogP contribution in [0.2, 0.25) is 0 Å². The Balaban J connectivity index is 2.90. The summed E-state index contributed by atoms with van der Waals surface area (Å²) in [5, 5.41) is 13.6. The van der Waals surface area contributed by atoms with Crippen molar-refractivity contribution in [2.24, 2.45) is 10.8 Å². The number of rotatable bonds is 4. The van der Waals surface area contributed by atoms with Gasteiger partial charge in [0.2, 0.25) is 0 Å². The van der Waals surface area contributed by atoms with Gasteiger partial charge in [-0.3, -0.25) is 0 Å². The van der Waals surface area contributed by atoms with Gasteiger partial charge in [-0.15, -0.1) is 0 Å². The van der Waals surface area contributed by atoms with Gasteiger partial charge in [0.05, 0.1) is 6.61 Å². The van der Waals surface area contributed by atoms with Crippen molar-refractivity contribution in [1.29, 1.82) is 0 Å². The van der Waals surface area contributed by atoms with E-state index in [1.165, 1.54) is 6.42 Å². The molecule has 2 heteroatoms. The topological polar surface area (TPSA) is 32.3 Å². The lowest BCUT2D eigenvalue weighted by Gasteiger charge is -2.52. The minimum absolute atomic E-state index is 0.0827. The van der Waals surface area contributed by atoms with Gasteiger partial charge in [-0.25, -0.2) is 0 Å². The number of hydrogen-bond donors (Lipinski definition) is 2. The van der Waals surface area contributed by atoms with Gasteiger partial charge < -0.3 is 10.4 Å². The number of hydrogen-bond acceptors (Lipinski definition) is 2. The molecule has 0 spiro atoms. The summed E-state index contributed by atoms with van der Waals surface area (Å²) in [6, 6.07) is 0.479. The summed E-state index contributed by atoms with van der Waals surface area (Å²) in [4.78, 5) is 0. The maximum atomic E-state index is 9.89. The second kappa shape index (κ2) is 4.89. The van der Waals surface area contributed by atoms with Gasteiger partial charge in [0.15, 0.2) is 0 Å². The molecule has 0 aromatic rings. The standard InChI is InChI=1S/C15H31NO/c1-7-12(2)16-15(11-17)9-13(3,4)8-14(5,6)10-15/h12,16-17H,7-11H2,1-6H3. The Bertz CT molecular complexity index is 242. The van der Waals surface area contributed by atoms with Crippen LogP contribution in [0.1, 0.15) is 67.2 Å². The average Bonchev–Trinajstić information content (AvgIpc) is 2.12. The highest BCUT2D eigenvalue weighted by Gasteiger charge is 2.47. The summed E-state index contributed by atoms with van der Waals surface area (Å²) in [6.07, 6.45) is 4.50. The van der Waals surface area contributed by atoms with Gasteiger partial charge in [-0.2, -0.15) is 0 Å². The molecule has 1 fully saturated rings. The SMILES string of the molecule is CCC(C)NC1(CO)CC(C)(C)CC(C)(C)C1. The zero-order valence-corrected chi connectivity index (χ0v) is 12.6. The van der Waals surface area contributed by atoms with Gasteiger partial charge >= 0.3 is 0 Å². The zero-order chi connectivity index (χ0) is 13.3. The predicted octanol–water partition coefficient (Wildman–Crippen LogP) is 3.34. The van der Waals surface area contributed by atoms with Crippen molar-refractivity contribution >= 4 is 0 Å². The van der Waals surface area contributed by atoms with E-state index in [0.29, 0.717) is 16.9 Å². The molecule has 2 N–H and O–H groups in total. The molecule has 102 valence electrons. The third-order valence-corrected chi connectivity index (χ3v) is 4.06. The van der Waals surface area contributed by atoms with Gasteiger partial charge in [0.1, 0.15) is 0 Å². The van der Waals surface area contributed by atoms with E-state index < -0.39 is 0 Å². The second-order valence-corrected chi connectivity index (χ2v) is 7.75. The molecule has 17 heavy (non-hydrogen) atoms. The summed E-state index contributed by atoms with van der Waals surface area (Å²) in [5.74, 6) is 0. The lowest BCUT2D eigenvalue weighted by Crippen LogP contribution is -2.59. The molecule has 1 unspecified atom stereocenters. The molecule has 1 saturated carbocycles. The largest absolute Gasteiger partial charge is 0.394 e.